The van der Waals surface area contributed by atoms with Crippen molar-refractivity contribution in [2.24, 2.45) is 0 Å². The van der Waals surface area contributed by atoms with Crippen molar-refractivity contribution in [3.63, 3.8) is 0 Å². The van der Waals surface area contributed by atoms with Crippen LogP contribution in [0.5, 0.6) is 0 Å². The number of carbonyl (C=O) groups excluding carboxylic acids is 2. The summed E-state index contributed by atoms with van der Waals surface area (Å²) in [5.41, 5.74) is 0. The molecule has 0 saturated carbocycles. The number of hydrogen-bond donors (Lipinski definition) is 0. The summed E-state index contributed by atoms with van der Waals surface area (Å²) in [5, 5.41) is -6.20. The van der Waals surface area contributed by atoms with Gasteiger partial charge in [-0.1, -0.05) is 6.58 Å². The van der Waals surface area contributed by atoms with Crippen molar-refractivity contribution in [2.45, 2.75) is 29.6 Å². The van der Waals surface area contributed by atoms with Gasteiger partial charge in [-0.2, -0.15) is 30.7 Å². The van der Waals surface area contributed by atoms with Crippen LogP contribution >= 0.6 is 0 Å². The van der Waals surface area contributed by atoms with Crippen LogP contribution < -0.4 is 0 Å². The number of halogens is 7. The number of ether oxygens (including phenoxy) is 3. The summed E-state index contributed by atoms with van der Waals surface area (Å²) in [4.78, 5) is 22.4. The molecule has 158 valence electrons. The predicted molar refractivity (Wildman–Crippen MR) is 67.3 cm³/mol. The van der Waals surface area contributed by atoms with Crippen LogP contribution in [0.2, 0.25) is 0 Å². The van der Waals surface area contributed by atoms with E-state index in [1.807, 2.05) is 0 Å². The lowest BCUT2D eigenvalue weighted by atomic mass is 10.2. The van der Waals surface area contributed by atoms with Crippen molar-refractivity contribution in [2.75, 3.05) is 13.7 Å². The molecule has 8 nitrogen and oxygen atoms in total. The minimum absolute atomic E-state index is 0.125. The molecule has 0 aliphatic heterocycles. The monoisotopic (exact) mass is 435 g/mol. The Balaban J connectivity index is 5.76. The van der Waals surface area contributed by atoms with E-state index in [-0.39, 0.29) is 6.08 Å². The fourth-order valence-electron chi connectivity index (χ4n) is 1.35. The van der Waals surface area contributed by atoms with Crippen LogP contribution in [0.1, 0.15) is 6.42 Å². The first-order valence-electron chi connectivity index (χ1n) is 6.25. The van der Waals surface area contributed by atoms with Gasteiger partial charge in [0.15, 0.2) is 10.1 Å². The minimum atomic E-state index is -6.90. The largest absolute Gasteiger partial charge is 0.743 e. The smallest absolute Gasteiger partial charge is 0.468 e. The highest BCUT2D eigenvalue weighted by atomic mass is 32.2. The number of methoxy groups -OCH3 is 1. The van der Waals surface area contributed by atoms with Gasteiger partial charge < -0.3 is 18.8 Å². The molecule has 0 spiro atoms. The number of hydrogen-bond acceptors (Lipinski definition) is 8. The highest BCUT2D eigenvalue weighted by molar-refractivity contribution is 7.86. The van der Waals surface area contributed by atoms with E-state index < -0.39 is 58.2 Å². The third kappa shape index (κ3) is 5.07. The number of esters is 2. The molecule has 16 heteroatoms. The quantitative estimate of drug-likeness (QED) is 0.175. The molecule has 0 saturated heterocycles. The second-order valence-corrected chi connectivity index (χ2v) is 5.93. The van der Waals surface area contributed by atoms with Crippen molar-refractivity contribution in [3.8, 4) is 0 Å². The Morgan fingerprint density at radius 1 is 1.11 bits per heavy atom. The summed E-state index contributed by atoms with van der Waals surface area (Å²) in [5.74, 6) is -14.7. The van der Waals surface area contributed by atoms with Crippen LogP contribution in [-0.2, 0) is 33.9 Å². The molecule has 0 aromatic heterocycles. The van der Waals surface area contributed by atoms with Crippen molar-refractivity contribution < 1.29 is 67.5 Å². The molecule has 0 aromatic carbocycles. The summed E-state index contributed by atoms with van der Waals surface area (Å²) in [6, 6.07) is 0. The Morgan fingerprint density at radius 2 is 1.59 bits per heavy atom. The van der Waals surface area contributed by atoms with Gasteiger partial charge in [-0.25, -0.2) is 18.0 Å². The van der Waals surface area contributed by atoms with Gasteiger partial charge in [0.05, 0.1) is 13.7 Å². The first kappa shape index (κ1) is 25.1. The fraction of sp³-hybridized carbons (Fsp3) is 0.636. The summed E-state index contributed by atoms with van der Waals surface area (Å²) >= 11 is 0. The average Bonchev–Trinajstić information content (AvgIpc) is 2.50. The van der Waals surface area contributed by atoms with Crippen molar-refractivity contribution in [1.82, 2.24) is 0 Å². The maximum atomic E-state index is 13.3. The number of alkyl halides is 7. The molecule has 0 aliphatic rings. The van der Waals surface area contributed by atoms with E-state index in [0.717, 1.165) is 0 Å². The molecule has 0 aromatic rings. The molecular weight excluding hydrogens is 425 g/mol. The molecular formula is C11H10F7O8S-. The summed E-state index contributed by atoms with van der Waals surface area (Å²) in [7, 11) is -6.54. The predicted octanol–water partition coefficient (Wildman–Crippen LogP) is 1.33. The van der Waals surface area contributed by atoms with Gasteiger partial charge in [-0.3, -0.25) is 0 Å². The third-order valence-corrected chi connectivity index (χ3v) is 3.63. The zero-order chi connectivity index (χ0) is 21.9. The fourth-order valence-corrected chi connectivity index (χ4v) is 1.82. The second kappa shape index (κ2) is 7.97. The molecule has 0 fully saturated rings. The SMILES string of the molecule is C=CC(=O)OC(OCCC(F)(F)C(F)(F)S(=O)(=O)[O-])(C(=O)OC)C(F)(F)F. The second-order valence-electron chi connectivity index (χ2n) is 4.50. The standard InChI is InChI=1S/C11H11F7O8S/c1-3-6(19)26-9(7(20)24-2,10(14,15)16)25-5-4-8(12,13)11(17,18)27(21,22)23/h3H,1,4-5H2,2H3,(H,21,22,23)/p-1. The van der Waals surface area contributed by atoms with E-state index >= 15 is 0 Å². The zero-order valence-electron chi connectivity index (χ0n) is 13.0. The van der Waals surface area contributed by atoms with Crippen LogP contribution in [0.4, 0.5) is 30.7 Å². The number of rotatable bonds is 9. The van der Waals surface area contributed by atoms with Gasteiger partial charge in [-0.15, -0.1) is 0 Å². The van der Waals surface area contributed by atoms with Crippen LogP contribution in [-0.4, -0.2) is 61.8 Å². The van der Waals surface area contributed by atoms with Gasteiger partial charge in [0, 0.05) is 12.5 Å². The van der Waals surface area contributed by atoms with Crippen molar-refractivity contribution in [1.29, 1.82) is 0 Å². The molecule has 0 radical (unpaired) electrons. The molecule has 0 amide bonds. The van der Waals surface area contributed by atoms with Crippen molar-refractivity contribution in [3.05, 3.63) is 12.7 Å². The molecule has 1 unspecified atom stereocenters. The third-order valence-electron chi connectivity index (χ3n) is 2.70. The van der Waals surface area contributed by atoms with E-state index in [9.17, 15) is 53.3 Å². The lowest BCUT2D eigenvalue weighted by Crippen LogP contribution is -2.58. The molecule has 0 aliphatic carbocycles. The van der Waals surface area contributed by atoms with E-state index in [1.165, 1.54) is 0 Å². The van der Waals surface area contributed by atoms with E-state index in [0.29, 0.717) is 7.11 Å². The Labute approximate surface area is 146 Å². The molecule has 0 N–H and O–H groups in total. The molecule has 27 heavy (non-hydrogen) atoms. The van der Waals surface area contributed by atoms with Gasteiger partial charge in [0.25, 0.3) is 0 Å². The average molecular weight is 435 g/mol. The van der Waals surface area contributed by atoms with Crippen molar-refractivity contribution >= 4 is 22.1 Å². The zero-order valence-corrected chi connectivity index (χ0v) is 13.8. The molecule has 0 rings (SSSR count). The maximum Gasteiger partial charge on any atom is 0.468 e. The lowest BCUT2D eigenvalue weighted by Gasteiger charge is -2.33. The summed E-state index contributed by atoms with van der Waals surface area (Å²) in [6.45, 7) is 0.607. The lowest BCUT2D eigenvalue weighted by molar-refractivity contribution is -0.356. The number of carbonyl (C=O) groups is 2. The Kier molecular flexibility index (Phi) is 7.40. The topological polar surface area (TPSA) is 119 Å². The minimum Gasteiger partial charge on any atom is -0.743 e. The highest BCUT2D eigenvalue weighted by Gasteiger charge is 2.68. The van der Waals surface area contributed by atoms with Crippen LogP contribution in [0.15, 0.2) is 12.7 Å². The van der Waals surface area contributed by atoms with Crippen LogP contribution in [0.3, 0.4) is 0 Å². The van der Waals surface area contributed by atoms with Crippen LogP contribution in [0, 0.1) is 0 Å². The Hall–Kier alpha value is -1.94. The maximum absolute atomic E-state index is 13.3. The summed E-state index contributed by atoms with van der Waals surface area (Å²) in [6.07, 6.45) is -8.30. The van der Waals surface area contributed by atoms with Gasteiger partial charge in [-0.05, 0) is 0 Å². The summed E-state index contributed by atoms with van der Waals surface area (Å²) < 4.78 is 134. The van der Waals surface area contributed by atoms with E-state index in [2.05, 4.69) is 20.8 Å². The molecule has 1 atom stereocenters. The van der Waals surface area contributed by atoms with Gasteiger partial charge in [0.2, 0.25) is 0 Å². The first-order chi connectivity index (χ1) is 11.9. The highest BCUT2D eigenvalue weighted by Crippen LogP contribution is 2.42. The Morgan fingerprint density at radius 3 is 1.93 bits per heavy atom. The molecule has 0 heterocycles. The first-order valence-corrected chi connectivity index (χ1v) is 7.66. The van der Waals surface area contributed by atoms with Gasteiger partial charge in [0.1, 0.15) is 0 Å². The van der Waals surface area contributed by atoms with Gasteiger partial charge >= 0.3 is 35.1 Å². The van der Waals surface area contributed by atoms with E-state index in [1.54, 1.807) is 0 Å². The molecule has 0 bridgehead atoms. The van der Waals surface area contributed by atoms with Crippen LogP contribution in [0.25, 0.3) is 0 Å². The van der Waals surface area contributed by atoms with E-state index in [4.69, 9.17) is 0 Å². The Bertz CT molecular complexity index is 687. The normalized spacial score (nSPS) is 15.6.